The first-order chi connectivity index (χ1) is 8.10. The molecule has 0 bridgehead atoms. The van der Waals surface area contributed by atoms with E-state index in [1.165, 1.54) is 0 Å². The second kappa shape index (κ2) is 7.39. The molecule has 17 heavy (non-hydrogen) atoms. The Morgan fingerprint density at radius 2 is 2.18 bits per heavy atom. The quantitative estimate of drug-likeness (QED) is 0.692. The van der Waals surface area contributed by atoms with E-state index in [1.54, 1.807) is 18.2 Å². The van der Waals surface area contributed by atoms with Gasteiger partial charge in [0.15, 0.2) is 0 Å². The van der Waals surface area contributed by atoms with E-state index in [-0.39, 0.29) is 5.91 Å². The fraction of sp³-hybridized carbons (Fsp3) is 0.417. The van der Waals surface area contributed by atoms with Gasteiger partial charge in [0.25, 0.3) is 5.91 Å². The van der Waals surface area contributed by atoms with E-state index in [1.807, 2.05) is 11.8 Å². The van der Waals surface area contributed by atoms with Gasteiger partial charge >= 0.3 is 0 Å². The Morgan fingerprint density at radius 3 is 2.71 bits per heavy atom. The number of halogens is 3. The molecule has 94 valence electrons. The number of hydrogen-bond donors (Lipinski definition) is 0. The average molecular weight is 384 g/mol. The molecule has 0 aliphatic carbocycles. The lowest BCUT2D eigenvalue weighted by molar-refractivity contribution is 0.0765. The van der Waals surface area contributed by atoms with Crippen LogP contribution in [-0.2, 0) is 0 Å². The maximum atomic E-state index is 12.2. The number of amides is 1. The summed E-state index contributed by atoms with van der Waals surface area (Å²) in [5, 5.41) is 1.46. The SMILES string of the molecule is CCN(CCCBr)C(=O)c1ccc(Br)c(Cl)c1. The lowest BCUT2D eigenvalue weighted by Crippen LogP contribution is -2.31. The molecule has 0 saturated heterocycles. The molecule has 5 heteroatoms. The molecule has 0 saturated carbocycles. The van der Waals surface area contributed by atoms with Gasteiger partial charge in [-0.25, -0.2) is 0 Å². The molecule has 1 amide bonds. The summed E-state index contributed by atoms with van der Waals surface area (Å²) >= 11 is 12.7. The zero-order chi connectivity index (χ0) is 12.8. The lowest BCUT2D eigenvalue weighted by atomic mass is 10.2. The third-order valence-corrected chi connectivity index (χ3v) is 4.19. The molecule has 0 N–H and O–H groups in total. The van der Waals surface area contributed by atoms with Gasteiger partial charge in [-0.3, -0.25) is 4.79 Å². The second-order valence-electron chi connectivity index (χ2n) is 3.56. The molecule has 1 aromatic carbocycles. The Hall–Kier alpha value is -0.0600. The maximum absolute atomic E-state index is 12.2. The Bertz CT molecular complexity index is 398. The Kier molecular flexibility index (Phi) is 6.52. The number of carbonyl (C=O) groups excluding carboxylic acids is 1. The fourth-order valence-corrected chi connectivity index (χ4v) is 2.14. The Labute approximate surface area is 124 Å². The first kappa shape index (κ1) is 15.0. The molecule has 0 aliphatic heterocycles. The summed E-state index contributed by atoms with van der Waals surface area (Å²) < 4.78 is 0.805. The van der Waals surface area contributed by atoms with Gasteiger partial charge in [0.05, 0.1) is 5.02 Å². The van der Waals surface area contributed by atoms with Crippen molar-refractivity contribution in [2.75, 3.05) is 18.4 Å². The van der Waals surface area contributed by atoms with Crippen molar-refractivity contribution in [3.8, 4) is 0 Å². The van der Waals surface area contributed by atoms with E-state index >= 15 is 0 Å². The summed E-state index contributed by atoms with van der Waals surface area (Å²) in [4.78, 5) is 14.0. The molecule has 0 unspecified atom stereocenters. The van der Waals surface area contributed by atoms with Gasteiger partial charge in [-0.2, -0.15) is 0 Å². The fourth-order valence-electron chi connectivity index (χ4n) is 1.47. The molecule has 0 aromatic heterocycles. The van der Waals surface area contributed by atoms with Crippen molar-refractivity contribution < 1.29 is 4.79 Å². The van der Waals surface area contributed by atoms with Crippen molar-refractivity contribution in [2.24, 2.45) is 0 Å². The van der Waals surface area contributed by atoms with Gasteiger partial charge in [-0.1, -0.05) is 27.5 Å². The minimum absolute atomic E-state index is 0.0304. The van der Waals surface area contributed by atoms with E-state index in [0.29, 0.717) is 17.1 Å². The summed E-state index contributed by atoms with van der Waals surface area (Å²) in [6.45, 7) is 3.44. The molecular weight excluding hydrogens is 369 g/mol. The van der Waals surface area contributed by atoms with Crippen molar-refractivity contribution in [3.63, 3.8) is 0 Å². The normalized spacial score (nSPS) is 10.4. The van der Waals surface area contributed by atoms with Crippen LogP contribution in [0.15, 0.2) is 22.7 Å². The van der Waals surface area contributed by atoms with Crippen LogP contribution in [0.5, 0.6) is 0 Å². The number of alkyl halides is 1. The first-order valence-electron chi connectivity index (χ1n) is 5.40. The zero-order valence-corrected chi connectivity index (χ0v) is 13.5. The number of hydrogen-bond acceptors (Lipinski definition) is 1. The van der Waals surface area contributed by atoms with Crippen LogP contribution in [0.3, 0.4) is 0 Å². The topological polar surface area (TPSA) is 20.3 Å². The van der Waals surface area contributed by atoms with Gasteiger partial charge in [0, 0.05) is 28.5 Å². The molecule has 0 spiro atoms. The average Bonchev–Trinajstić information content (AvgIpc) is 2.33. The molecule has 2 nitrogen and oxygen atoms in total. The number of carbonyl (C=O) groups is 1. The third kappa shape index (κ3) is 4.27. The van der Waals surface area contributed by atoms with Crippen LogP contribution in [0.2, 0.25) is 5.02 Å². The monoisotopic (exact) mass is 381 g/mol. The standard InChI is InChI=1S/C12H14Br2ClNO/c1-2-16(7-3-6-13)12(17)9-4-5-10(14)11(15)8-9/h4-5,8H,2-3,6-7H2,1H3. The van der Waals surface area contributed by atoms with E-state index in [2.05, 4.69) is 31.9 Å². The van der Waals surface area contributed by atoms with Gasteiger partial charge in [-0.15, -0.1) is 0 Å². The van der Waals surface area contributed by atoms with Crippen LogP contribution < -0.4 is 0 Å². The molecular formula is C12H14Br2ClNO. The minimum atomic E-state index is 0.0304. The van der Waals surface area contributed by atoms with Crippen LogP contribution >= 0.6 is 43.5 Å². The van der Waals surface area contributed by atoms with Crippen molar-refractivity contribution in [3.05, 3.63) is 33.3 Å². The van der Waals surface area contributed by atoms with Gasteiger partial charge < -0.3 is 4.90 Å². The number of nitrogens with zero attached hydrogens (tertiary/aromatic N) is 1. The molecule has 0 aliphatic rings. The van der Waals surface area contributed by atoms with Gasteiger partial charge in [0.1, 0.15) is 0 Å². The van der Waals surface area contributed by atoms with Crippen molar-refractivity contribution in [1.82, 2.24) is 4.90 Å². The number of rotatable bonds is 5. The van der Waals surface area contributed by atoms with Crippen LogP contribution in [0.4, 0.5) is 0 Å². The lowest BCUT2D eigenvalue weighted by Gasteiger charge is -2.20. The van der Waals surface area contributed by atoms with Crippen LogP contribution in [0, 0.1) is 0 Å². The zero-order valence-electron chi connectivity index (χ0n) is 9.55. The van der Waals surface area contributed by atoms with Crippen LogP contribution in [0.1, 0.15) is 23.7 Å². The highest BCUT2D eigenvalue weighted by molar-refractivity contribution is 9.10. The van der Waals surface area contributed by atoms with Crippen molar-refractivity contribution in [2.45, 2.75) is 13.3 Å². The third-order valence-electron chi connectivity index (χ3n) is 2.40. The Balaban J connectivity index is 2.82. The van der Waals surface area contributed by atoms with E-state index < -0.39 is 0 Å². The number of benzene rings is 1. The highest BCUT2D eigenvalue weighted by Gasteiger charge is 2.14. The molecule has 0 fully saturated rings. The summed E-state index contributed by atoms with van der Waals surface area (Å²) in [7, 11) is 0. The molecule has 1 rings (SSSR count). The predicted molar refractivity (Wildman–Crippen MR) is 79.1 cm³/mol. The largest absolute Gasteiger partial charge is 0.339 e. The van der Waals surface area contributed by atoms with Gasteiger partial charge in [-0.05, 0) is 47.5 Å². The minimum Gasteiger partial charge on any atom is -0.339 e. The summed E-state index contributed by atoms with van der Waals surface area (Å²) in [6, 6.07) is 5.29. The molecule has 1 aromatic rings. The Morgan fingerprint density at radius 1 is 1.47 bits per heavy atom. The maximum Gasteiger partial charge on any atom is 0.253 e. The van der Waals surface area contributed by atoms with Crippen LogP contribution in [0.25, 0.3) is 0 Å². The first-order valence-corrected chi connectivity index (χ1v) is 7.69. The van der Waals surface area contributed by atoms with E-state index in [4.69, 9.17) is 11.6 Å². The highest BCUT2D eigenvalue weighted by atomic mass is 79.9. The molecule has 0 heterocycles. The van der Waals surface area contributed by atoms with E-state index in [0.717, 1.165) is 22.8 Å². The summed E-state index contributed by atoms with van der Waals surface area (Å²) in [6.07, 6.45) is 0.948. The van der Waals surface area contributed by atoms with Gasteiger partial charge in [0.2, 0.25) is 0 Å². The van der Waals surface area contributed by atoms with E-state index in [9.17, 15) is 4.79 Å². The highest BCUT2D eigenvalue weighted by Crippen LogP contribution is 2.23. The smallest absolute Gasteiger partial charge is 0.253 e. The molecule has 0 radical (unpaired) electrons. The van der Waals surface area contributed by atoms with Crippen molar-refractivity contribution in [1.29, 1.82) is 0 Å². The molecule has 0 atom stereocenters. The van der Waals surface area contributed by atoms with Crippen molar-refractivity contribution >= 4 is 49.4 Å². The van der Waals surface area contributed by atoms with Crippen LogP contribution in [-0.4, -0.2) is 29.2 Å². The summed E-state index contributed by atoms with van der Waals surface area (Å²) in [5.74, 6) is 0.0304. The second-order valence-corrected chi connectivity index (χ2v) is 5.61. The predicted octanol–water partition coefficient (Wildman–Crippen LogP) is 4.35. The summed E-state index contributed by atoms with van der Waals surface area (Å²) in [5.41, 5.74) is 0.634.